The molecule has 0 bridgehead atoms. The molecule has 2 fully saturated rings. The lowest BCUT2D eigenvalue weighted by Crippen LogP contribution is -2.54. The predicted octanol–water partition coefficient (Wildman–Crippen LogP) is 7.04. The first-order chi connectivity index (χ1) is 13.4. The molecule has 2 radical (unpaired) electrons. The highest BCUT2D eigenvalue weighted by Crippen LogP contribution is 2.54. The minimum absolute atomic E-state index is 0.0415. The molecule has 2 aliphatic carbocycles. The van der Waals surface area contributed by atoms with Gasteiger partial charge in [0, 0.05) is 6.10 Å². The van der Waals surface area contributed by atoms with Crippen molar-refractivity contribution in [1.29, 1.82) is 0 Å². The van der Waals surface area contributed by atoms with Gasteiger partial charge in [0.2, 0.25) is 9.76 Å². The molecule has 0 saturated heterocycles. The summed E-state index contributed by atoms with van der Waals surface area (Å²) in [6.45, 7) is 10.9. The minimum atomic E-state index is -2.17. The van der Waals surface area contributed by atoms with E-state index in [1.54, 1.807) is 0 Å². The summed E-state index contributed by atoms with van der Waals surface area (Å²) in [6.07, 6.45) is 14.6. The van der Waals surface area contributed by atoms with Crippen molar-refractivity contribution in [3.63, 3.8) is 0 Å². The largest absolute Gasteiger partial charge is 0.518 e. The maximum Gasteiger partial charge on any atom is 0.295 e. The zero-order chi connectivity index (χ0) is 20.6. The molecular weight excluding hydrogens is 380 g/mol. The molecule has 3 nitrogen and oxygen atoms in total. The summed E-state index contributed by atoms with van der Waals surface area (Å²) in [5.41, 5.74) is 1.94. The van der Waals surface area contributed by atoms with Crippen LogP contribution in [0.25, 0.3) is 0 Å². The smallest absolute Gasteiger partial charge is 0.295 e. The van der Waals surface area contributed by atoms with E-state index in [0.717, 1.165) is 12.5 Å². The van der Waals surface area contributed by atoms with Gasteiger partial charge in [0.15, 0.2) is 0 Å². The number of carbonyl (C=O) groups excluding carboxylic acids is 1. The predicted molar refractivity (Wildman–Crippen MR) is 121 cm³/mol. The Morgan fingerprint density at radius 2 is 1.43 bits per heavy atom. The molecule has 0 aromatic carbocycles. The van der Waals surface area contributed by atoms with E-state index >= 15 is 0 Å². The number of carbonyl (C=O) groups is 1. The van der Waals surface area contributed by atoms with Crippen molar-refractivity contribution in [2.24, 2.45) is 5.92 Å². The van der Waals surface area contributed by atoms with Crippen LogP contribution >= 0.6 is 0 Å². The van der Waals surface area contributed by atoms with E-state index in [9.17, 15) is 4.79 Å². The summed E-state index contributed by atoms with van der Waals surface area (Å²) < 4.78 is 12.6. The Balaban J connectivity index is 2.21. The first-order valence-corrected chi connectivity index (χ1v) is 15.3. The van der Waals surface area contributed by atoms with Crippen LogP contribution in [0.4, 0.5) is 0 Å². The van der Waals surface area contributed by atoms with Crippen molar-refractivity contribution in [2.75, 3.05) is 0 Å². The van der Waals surface area contributed by atoms with Crippen molar-refractivity contribution in [1.82, 2.24) is 0 Å². The van der Waals surface area contributed by atoms with E-state index in [-0.39, 0.29) is 18.0 Å². The van der Waals surface area contributed by atoms with E-state index in [2.05, 4.69) is 34.6 Å². The van der Waals surface area contributed by atoms with Gasteiger partial charge in [0.1, 0.15) is 0 Å². The topological polar surface area (TPSA) is 35.5 Å². The van der Waals surface area contributed by atoms with Crippen LogP contribution in [0.1, 0.15) is 105 Å². The van der Waals surface area contributed by atoms with E-state index in [1.807, 2.05) is 0 Å². The average Bonchev–Trinajstić information content (AvgIpc) is 2.72. The molecule has 2 aliphatic rings. The van der Waals surface area contributed by atoms with Crippen molar-refractivity contribution in [3.05, 3.63) is 0 Å². The molecular formula is C23H44O3Si2. The fourth-order valence-corrected chi connectivity index (χ4v) is 13.0. The Morgan fingerprint density at radius 3 is 1.86 bits per heavy atom. The molecule has 2 saturated carbocycles. The van der Waals surface area contributed by atoms with Crippen LogP contribution in [0, 0.1) is 5.92 Å². The van der Waals surface area contributed by atoms with E-state index in [0.29, 0.717) is 26.4 Å². The Labute approximate surface area is 177 Å². The van der Waals surface area contributed by atoms with Gasteiger partial charge in [-0.2, -0.15) is 0 Å². The summed E-state index contributed by atoms with van der Waals surface area (Å²) >= 11 is 0. The highest BCUT2D eigenvalue weighted by atomic mass is 28.4. The third-order valence-corrected chi connectivity index (χ3v) is 14.9. The van der Waals surface area contributed by atoms with Gasteiger partial charge in [-0.3, -0.25) is 4.79 Å². The normalized spacial score (nSPS) is 22.2. The molecule has 2 unspecified atom stereocenters. The third kappa shape index (κ3) is 6.18. The SMILES string of the molecule is CCC(C)[Si](OC(=O)C(C)C[Si]OC(C)C)(C1CCCCC1)C1CCCCC1. The summed E-state index contributed by atoms with van der Waals surface area (Å²) in [5, 5.41) is 0. The second-order valence-corrected chi connectivity index (χ2v) is 15.1. The minimum Gasteiger partial charge on any atom is -0.518 e. The van der Waals surface area contributed by atoms with Crippen LogP contribution in [0.2, 0.25) is 22.7 Å². The Morgan fingerprint density at radius 1 is 0.929 bits per heavy atom. The first-order valence-electron chi connectivity index (χ1n) is 12.0. The zero-order valence-corrected chi connectivity index (χ0v) is 21.1. The van der Waals surface area contributed by atoms with Crippen LogP contribution < -0.4 is 0 Å². The first kappa shape index (κ1) is 24.1. The van der Waals surface area contributed by atoms with Gasteiger partial charge in [-0.15, -0.1) is 0 Å². The maximum absolute atomic E-state index is 13.3. The quantitative estimate of drug-likeness (QED) is 0.353. The molecule has 2 atom stereocenters. The van der Waals surface area contributed by atoms with Gasteiger partial charge in [-0.1, -0.05) is 65.7 Å². The van der Waals surface area contributed by atoms with Crippen LogP contribution in [0.5, 0.6) is 0 Å². The van der Waals surface area contributed by atoms with Crippen LogP contribution in [-0.2, 0) is 13.6 Å². The number of hydrogen-bond donors (Lipinski definition) is 0. The molecule has 0 heterocycles. The van der Waals surface area contributed by atoms with Gasteiger partial charge in [0.05, 0.1) is 5.92 Å². The van der Waals surface area contributed by atoms with Gasteiger partial charge < -0.3 is 8.85 Å². The average molecular weight is 425 g/mol. The lowest BCUT2D eigenvalue weighted by Gasteiger charge is -2.49. The van der Waals surface area contributed by atoms with E-state index in [4.69, 9.17) is 8.85 Å². The van der Waals surface area contributed by atoms with Gasteiger partial charge in [-0.05, 0) is 62.2 Å². The Kier molecular flexibility index (Phi) is 10.3. The van der Waals surface area contributed by atoms with Crippen molar-refractivity contribution in [3.8, 4) is 0 Å². The molecule has 0 aliphatic heterocycles. The molecule has 0 aromatic rings. The van der Waals surface area contributed by atoms with Gasteiger partial charge in [-0.25, -0.2) is 0 Å². The van der Waals surface area contributed by atoms with E-state index in [1.165, 1.54) is 64.2 Å². The van der Waals surface area contributed by atoms with Crippen LogP contribution in [0.3, 0.4) is 0 Å². The molecule has 2 rings (SSSR count). The monoisotopic (exact) mass is 424 g/mol. The van der Waals surface area contributed by atoms with Crippen molar-refractivity contribution < 1.29 is 13.6 Å². The Bertz CT molecular complexity index is 439. The molecule has 28 heavy (non-hydrogen) atoms. The summed E-state index contributed by atoms with van der Waals surface area (Å²) in [7, 11) is -1.78. The molecule has 0 aromatic heterocycles. The molecule has 0 spiro atoms. The fourth-order valence-electron chi connectivity index (χ4n) is 5.53. The number of rotatable bonds is 10. The van der Waals surface area contributed by atoms with Crippen LogP contribution in [-0.4, -0.2) is 30.2 Å². The highest BCUT2D eigenvalue weighted by Gasteiger charge is 2.55. The summed E-state index contributed by atoms with van der Waals surface area (Å²) in [6, 6.07) is 0.803. The summed E-state index contributed by atoms with van der Waals surface area (Å²) in [5.74, 6) is 0.0446. The number of hydrogen-bond acceptors (Lipinski definition) is 3. The third-order valence-electron chi connectivity index (χ3n) is 7.26. The van der Waals surface area contributed by atoms with Gasteiger partial charge in [0.25, 0.3) is 14.3 Å². The zero-order valence-electron chi connectivity index (χ0n) is 19.1. The lowest BCUT2D eigenvalue weighted by molar-refractivity contribution is -0.139. The second kappa shape index (κ2) is 11.9. The maximum atomic E-state index is 13.3. The molecule has 0 N–H and O–H groups in total. The second-order valence-electron chi connectivity index (χ2n) is 9.67. The highest BCUT2D eigenvalue weighted by molar-refractivity contribution is 6.79. The molecule has 5 heteroatoms. The van der Waals surface area contributed by atoms with Crippen molar-refractivity contribution >= 4 is 24.0 Å². The molecule has 162 valence electrons. The summed E-state index contributed by atoms with van der Waals surface area (Å²) in [4.78, 5) is 13.3. The van der Waals surface area contributed by atoms with E-state index < -0.39 is 8.32 Å². The van der Waals surface area contributed by atoms with Gasteiger partial charge >= 0.3 is 0 Å². The Hall–Kier alpha value is -0.136. The van der Waals surface area contributed by atoms with Crippen molar-refractivity contribution in [2.45, 2.75) is 134 Å². The fraction of sp³-hybridized carbons (Fsp3) is 0.957. The lowest BCUT2D eigenvalue weighted by atomic mass is 9.99. The standard InChI is InChI=1S/C23H44O3Si2/c1-6-20(5)28(21-13-9-7-10-14-21,22-15-11-8-12-16-22)26-23(24)19(4)17-27-25-18(2)3/h18-22H,6-17H2,1-5H3. The van der Waals surface area contributed by atoms with Crippen LogP contribution in [0.15, 0.2) is 0 Å². The molecule has 0 amide bonds.